The van der Waals surface area contributed by atoms with Crippen molar-refractivity contribution in [3.8, 4) is 22.9 Å². The first-order chi connectivity index (χ1) is 12.7. The van der Waals surface area contributed by atoms with Gasteiger partial charge in [0.25, 0.3) is 5.56 Å². The lowest BCUT2D eigenvalue weighted by Crippen LogP contribution is -2.29. The van der Waals surface area contributed by atoms with Gasteiger partial charge in [0, 0.05) is 30.4 Å². The molecule has 3 rings (SSSR count). The number of sulfonamides is 1. The van der Waals surface area contributed by atoms with Crippen molar-refractivity contribution in [2.45, 2.75) is 32.5 Å². The van der Waals surface area contributed by atoms with Gasteiger partial charge in [0.2, 0.25) is 10.0 Å². The molecule has 1 fully saturated rings. The van der Waals surface area contributed by atoms with Crippen LogP contribution in [0.15, 0.2) is 35.3 Å². The van der Waals surface area contributed by atoms with E-state index in [1.54, 1.807) is 18.2 Å². The molecule has 1 aromatic heterocycles. The highest BCUT2D eigenvalue weighted by molar-refractivity contribution is 7.88. The smallest absolute Gasteiger partial charge is 0.251 e. The first-order valence-electron chi connectivity index (χ1n) is 8.70. The maximum absolute atomic E-state index is 11.7. The lowest BCUT2D eigenvalue weighted by atomic mass is 10.1. The van der Waals surface area contributed by atoms with Crippen molar-refractivity contribution in [3.05, 3.63) is 40.8 Å². The minimum absolute atomic E-state index is 0.0388. The van der Waals surface area contributed by atoms with E-state index < -0.39 is 10.0 Å². The zero-order valence-corrected chi connectivity index (χ0v) is 16.3. The molecular formula is C18H23N3O5S. The summed E-state index contributed by atoms with van der Waals surface area (Å²) in [4.78, 5) is 18.5. The number of aromatic amines is 1. The Morgan fingerprint density at radius 1 is 1.26 bits per heavy atom. The number of aromatic nitrogens is 2. The zero-order chi connectivity index (χ0) is 19.6. The van der Waals surface area contributed by atoms with Gasteiger partial charge in [-0.2, -0.15) is 4.31 Å². The molecule has 0 spiro atoms. The van der Waals surface area contributed by atoms with E-state index in [1.807, 2.05) is 13.8 Å². The Balaban J connectivity index is 1.88. The van der Waals surface area contributed by atoms with Gasteiger partial charge in [0.15, 0.2) is 0 Å². The quantitative estimate of drug-likeness (QED) is 0.801. The highest BCUT2D eigenvalue weighted by Crippen LogP contribution is 2.30. The summed E-state index contributed by atoms with van der Waals surface area (Å²) in [7, 11) is -3.23. The Morgan fingerprint density at radius 3 is 2.63 bits per heavy atom. The molecule has 1 aliphatic heterocycles. The Labute approximate surface area is 158 Å². The van der Waals surface area contributed by atoms with E-state index in [9.17, 15) is 13.2 Å². The lowest BCUT2D eigenvalue weighted by molar-refractivity contribution is 0.211. The summed E-state index contributed by atoms with van der Waals surface area (Å²) in [6, 6.07) is 6.64. The number of benzene rings is 1. The standard InChI is InChI=1S/C18H23N3O5S/c1-12(2)25-15-8-13(18-19-6-4-17(22)20-18)9-16(10-15)26-14-5-7-21(11-14)27(3,23)24/h4,6,8-10,12,14H,5,7,11H2,1-3H3,(H,19,20,22). The van der Waals surface area contributed by atoms with Crippen molar-refractivity contribution in [1.82, 2.24) is 14.3 Å². The fourth-order valence-corrected chi connectivity index (χ4v) is 3.80. The molecule has 0 aliphatic carbocycles. The Bertz CT molecular complexity index is 971. The molecule has 1 N–H and O–H groups in total. The predicted molar refractivity (Wildman–Crippen MR) is 102 cm³/mol. The average molecular weight is 393 g/mol. The molecule has 1 aromatic carbocycles. The van der Waals surface area contributed by atoms with Gasteiger partial charge in [-0.3, -0.25) is 4.79 Å². The van der Waals surface area contributed by atoms with Gasteiger partial charge in [-0.05, 0) is 32.4 Å². The largest absolute Gasteiger partial charge is 0.491 e. The van der Waals surface area contributed by atoms with E-state index in [0.29, 0.717) is 42.4 Å². The van der Waals surface area contributed by atoms with Crippen LogP contribution in [0.3, 0.4) is 0 Å². The fourth-order valence-electron chi connectivity index (χ4n) is 2.92. The van der Waals surface area contributed by atoms with Crippen molar-refractivity contribution < 1.29 is 17.9 Å². The number of nitrogens with zero attached hydrogens (tertiary/aromatic N) is 2. The van der Waals surface area contributed by atoms with Crippen LogP contribution in [0.5, 0.6) is 11.5 Å². The van der Waals surface area contributed by atoms with Crippen LogP contribution in [0.1, 0.15) is 20.3 Å². The van der Waals surface area contributed by atoms with Gasteiger partial charge in [-0.25, -0.2) is 13.4 Å². The molecule has 9 heteroatoms. The van der Waals surface area contributed by atoms with E-state index in [-0.39, 0.29) is 17.8 Å². The molecule has 27 heavy (non-hydrogen) atoms. The van der Waals surface area contributed by atoms with Crippen LogP contribution in [-0.2, 0) is 10.0 Å². The van der Waals surface area contributed by atoms with Crippen LogP contribution >= 0.6 is 0 Å². The maximum atomic E-state index is 11.7. The third kappa shape index (κ3) is 5.08. The van der Waals surface area contributed by atoms with Gasteiger partial charge in [0.1, 0.15) is 23.4 Å². The van der Waals surface area contributed by atoms with Crippen molar-refractivity contribution in [3.63, 3.8) is 0 Å². The number of hydrogen-bond acceptors (Lipinski definition) is 6. The second kappa shape index (κ2) is 7.69. The molecule has 2 heterocycles. The third-order valence-corrected chi connectivity index (χ3v) is 5.35. The van der Waals surface area contributed by atoms with E-state index >= 15 is 0 Å². The first kappa shape index (κ1) is 19.4. The van der Waals surface area contributed by atoms with Crippen molar-refractivity contribution in [2.75, 3.05) is 19.3 Å². The number of H-pyrrole nitrogens is 1. The molecule has 1 unspecified atom stereocenters. The molecule has 0 saturated carbocycles. The van der Waals surface area contributed by atoms with Gasteiger partial charge < -0.3 is 14.5 Å². The highest BCUT2D eigenvalue weighted by Gasteiger charge is 2.30. The molecule has 1 aliphatic rings. The van der Waals surface area contributed by atoms with Crippen molar-refractivity contribution in [1.29, 1.82) is 0 Å². The first-order valence-corrected chi connectivity index (χ1v) is 10.5. The van der Waals surface area contributed by atoms with Crippen molar-refractivity contribution >= 4 is 10.0 Å². The van der Waals surface area contributed by atoms with E-state index in [2.05, 4.69) is 9.97 Å². The summed E-state index contributed by atoms with van der Waals surface area (Å²) in [6.07, 6.45) is 2.96. The third-order valence-electron chi connectivity index (χ3n) is 4.08. The Morgan fingerprint density at radius 2 is 2.00 bits per heavy atom. The molecule has 1 atom stereocenters. The van der Waals surface area contributed by atoms with Crippen LogP contribution < -0.4 is 15.0 Å². The lowest BCUT2D eigenvalue weighted by Gasteiger charge is -2.17. The van der Waals surface area contributed by atoms with Gasteiger partial charge in [-0.15, -0.1) is 0 Å². The SMILES string of the molecule is CC(C)Oc1cc(OC2CCN(S(C)(=O)=O)C2)cc(-c2nccc(=O)[nH]2)c1. The summed E-state index contributed by atoms with van der Waals surface area (Å²) in [5.41, 5.74) is 0.399. The monoisotopic (exact) mass is 393 g/mol. The number of hydrogen-bond donors (Lipinski definition) is 1. The second-order valence-corrected chi connectivity index (χ2v) is 8.77. The van der Waals surface area contributed by atoms with Crippen LogP contribution in [0.4, 0.5) is 0 Å². The topological polar surface area (TPSA) is 102 Å². The molecule has 0 bridgehead atoms. The summed E-state index contributed by atoms with van der Waals surface area (Å²) < 4.78 is 36.6. The van der Waals surface area contributed by atoms with Crippen LogP contribution in [0, 0.1) is 0 Å². The molecular weight excluding hydrogens is 370 g/mol. The minimum Gasteiger partial charge on any atom is -0.491 e. The molecule has 8 nitrogen and oxygen atoms in total. The van der Waals surface area contributed by atoms with Crippen LogP contribution in [0.25, 0.3) is 11.4 Å². The van der Waals surface area contributed by atoms with Crippen LogP contribution in [0.2, 0.25) is 0 Å². The highest BCUT2D eigenvalue weighted by atomic mass is 32.2. The Hall–Kier alpha value is -2.39. The molecule has 146 valence electrons. The minimum atomic E-state index is -3.23. The van der Waals surface area contributed by atoms with Gasteiger partial charge in [-0.1, -0.05) is 0 Å². The van der Waals surface area contributed by atoms with E-state index in [1.165, 1.54) is 22.8 Å². The van der Waals surface area contributed by atoms with Gasteiger partial charge >= 0.3 is 0 Å². The summed E-state index contributed by atoms with van der Waals surface area (Å²) in [5.74, 6) is 1.53. The van der Waals surface area contributed by atoms with Gasteiger partial charge in [0.05, 0.1) is 18.9 Å². The van der Waals surface area contributed by atoms with E-state index in [4.69, 9.17) is 9.47 Å². The zero-order valence-electron chi connectivity index (χ0n) is 15.5. The Kier molecular flexibility index (Phi) is 5.52. The summed E-state index contributed by atoms with van der Waals surface area (Å²) in [6.45, 7) is 4.57. The summed E-state index contributed by atoms with van der Waals surface area (Å²) >= 11 is 0. The number of nitrogens with one attached hydrogen (secondary N) is 1. The second-order valence-electron chi connectivity index (χ2n) is 6.79. The number of ether oxygens (including phenoxy) is 2. The maximum Gasteiger partial charge on any atom is 0.251 e. The fraction of sp³-hybridized carbons (Fsp3) is 0.444. The average Bonchev–Trinajstić information content (AvgIpc) is 3.03. The van der Waals surface area contributed by atoms with E-state index in [0.717, 1.165) is 0 Å². The molecule has 1 saturated heterocycles. The predicted octanol–water partition coefficient (Wildman–Crippen LogP) is 1.64. The molecule has 0 radical (unpaired) electrons. The van der Waals surface area contributed by atoms with Crippen molar-refractivity contribution in [2.24, 2.45) is 0 Å². The molecule has 2 aromatic rings. The number of rotatable bonds is 6. The summed E-state index contributed by atoms with van der Waals surface area (Å²) in [5, 5.41) is 0. The van der Waals surface area contributed by atoms with Crippen LogP contribution in [-0.4, -0.2) is 54.2 Å². The molecule has 0 amide bonds. The normalized spacial score (nSPS) is 18.0.